The normalized spacial score (nSPS) is 17.3. The van der Waals surface area contributed by atoms with Crippen LogP contribution < -0.4 is 4.74 Å². The molecule has 1 fully saturated rings. The van der Waals surface area contributed by atoms with Gasteiger partial charge in [0.05, 0.1) is 13.0 Å². The molecule has 0 bridgehead atoms. The minimum atomic E-state index is -0.746. The zero-order valence-corrected chi connectivity index (χ0v) is 11.3. The van der Waals surface area contributed by atoms with Crippen molar-refractivity contribution in [2.45, 2.75) is 25.2 Å². The van der Waals surface area contributed by atoms with Crippen molar-refractivity contribution in [1.82, 2.24) is 4.90 Å². The molecule has 0 amide bonds. The maximum atomic E-state index is 11.4. The largest absolute Gasteiger partial charge is 0.497 e. The number of benzene rings is 1. The molecule has 4 nitrogen and oxygen atoms in total. The van der Waals surface area contributed by atoms with Crippen molar-refractivity contribution >= 4 is 5.97 Å². The molecule has 1 saturated heterocycles. The summed E-state index contributed by atoms with van der Waals surface area (Å²) in [6, 6.07) is 7.34. The molecule has 1 aliphatic heterocycles. The van der Waals surface area contributed by atoms with Crippen LogP contribution in [0.4, 0.5) is 0 Å². The molecule has 19 heavy (non-hydrogen) atoms. The quantitative estimate of drug-likeness (QED) is 0.856. The minimum Gasteiger partial charge on any atom is -0.497 e. The van der Waals surface area contributed by atoms with Gasteiger partial charge in [0.2, 0.25) is 0 Å². The predicted octanol–water partition coefficient (Wildman–Crippen LogP) is 2.35. The van der Waals surface area contributed by atoms with Crippen LogP contribution in [-0.4, -0.2) is 42.7 Å². The van der Waals surface area contributed by atoms with Gasteiger partial charge in [0.15, 0.2) is 0 Å². The van der Waals surface area contributed by atoms with Crippen molar-refractivity contribution in [3.8, 4) is 5.75 Å². The number of ether oxygens (including phenoxy) is 1. The number of hydrogen-bond acceptors (Lipinski definition) is 3. The Morgan fingerprint density at radius 1 is 1.32 bits per heavy atom. The third-order valence-corrected chi connectivity index (χ3v) is 3.75. The Kier molecular flexibility index (Phi) is 4.80. The number of hydrogen-bond donors (Lipinski definition) is 1. The van der Waals surface area contributed by atoms with Gasteiger partial charge in [0, 0.05) is 0 Å². The van der Waals surface area contributed by atoms with E-state index >= 15 is 0 Å². The summed E-state index contributed by atoms with van der Waals surface area (Å²) in [4.78, 5) is 13.8. The highest BCUT2D eigenvalue weighted by molar-refractivity contribution is 5.76. The maximum Gasteiger partial charge on any atom is 0.311 e. The van der Waals surface area contributed by atoms with E-state index in [-0.39, 0.29) is 0 Å². The van der Waals surface area contributed by atoms with Crippen molar-refractivity contribution in [1.29, 1.82) is 0 Å². The van der Waals surface area contributed by atoms with E-state index in [4.69, 9.17) is 4.74 Å². The van der Waals surface area contributed by atoms with Crippen molar-refractivity contribution in [2.24, 2.45) is 0 Å². The number of carboxylic acid groups (broad SMARTS) is 1. The first-order valence-corrected chi connectivity index (χ1v) is 6.80. The first-order chi connectivity index (χ1) is 9.20. The van der Waals surface area contributed by atoms with E-state index in [2.05, 4.69) is 4.90 Å². The molecule has 2 rings (SSSR count). The van der Waals surface area contributed by atoms with Gasteiger partial charge in [-0.05, 0) is 56.6 Å². The molecule has 1 aliphatic rings. The number of carboxylic acids is 1. The molecule has 0 saturated carbocycles. The molecule has 0 radical (unpaired) electrons. The lowest BCUT2D eigenvalue weighted by Crippen LogP contribution is -2.24. The zero-order valence-electron chi connectivity index (χ0n) is 11.3. The highest BCUT2D eigenvalue weighted by Gasteiger charge is 2.21. The molecule has 0 spiro atoms. The van der Waals surface area contributed by atoms with Gasteiger partial charge in [-0.3, -0.25) is 4.79 Å². The van der Waals surface area contributed by atoms with E-state index in [1.807, 2.05) is 24.3 Å². The standard InChI is InChI=1S/C15H21NO3/c1-19-13-6-4-12(5-7-13)14(15(17)18)8-11-16-9-2-3-10-16/h4-7,14H,2-3,8-11H2,1H3,(H,17,18). The summed E-state index contributed by atoms with van der Waals surface area (Å²) in [7, 11) is 1.61. The number of likely N-dealkylation sites (tertiary alicyclic amines) is 1. The number of rotatable bonds is 6. The van der Waals surface area contributed by atoms with E-state index in [1.165, 1.54) is 12.8 Å². The van der Waals surface area contributed by atoms with Crippen molar-refractivity contribution in [3.05, 3.63) is 29.8 Å². The molecular formula is C15H21NO3. The summed E-state index contributed by atoms with van der Waals surface area (Å²) >= 11 is 0. The van der Waals surface area contributed by atoms with Gasteiger partial charge < -0.3 is 14.7 Å². The van der Waals surface area contributed by atoms with Crippen LogP contribution in [0, 0.1) is 0 Å². The predicted molar refractivity (Wildman–Crippen MR) is 73.7 cm³/mol. The number of nitrogens with zero attached hydrogens (tertiary/aromatic N) is 1. The van der Waals surface area contributed by atoms with Gasteiger partial charge in [-0.2, -0.15) is 0 Å². The second-order valence-electron chi connectivity index (χ2n) is 5.00. The third-order valence-electron chi connectivity index (χ3n) is 3.75. The van der Waals surface area contributed by atoms with E-state index in [1.54, 1.807) is 7.11 Å². The Morgan fingerprint density at radius 2 is 1.95 bits per heavy atom. The summed E-state index contributed by atoms with van der Waals surface area (Å²) < 4.78 is 5.09. The number of aliphatic carboxylic acids is 1. The molecule has 1 atom stereocenters. The molecular weight excluding hydrogens is 242 g/mol. The Bertz CT molecular complexity index is 410. The first kappa shape index (κ1) is 13.9. The van der Waals surface area contributed by atoms with Crippen LogP contribution in [0.5, 0.6) is 5.75 Å². The maximum absolute atomic E-state index is 11.4. The second kappa shape index (κ2) is 6.57. The van der Waals surface area contributed by atoms with Gasteiger partial charge in [-0.15, -0.1) is 0 Å². The fourth-order valence-electron chi connectivity index (χ4n) is 2.59. The van der Waals surface area contributed by atoms with Crippen LogP contribution in [-0.2, 0) is 4.79 Å². The van der Waals surface area contributed by atoms with Gasteiger partial charge in [-0.25, -0.2) is 0 Å². The van der Waals surface area contributed by atoms with Gasteiger partial charge in [0.1, 0.15) is 5.75 Å². The van der Waals surface area contributed by atoms with E-state index < -0.39 is 11.9 Å². The summed E-state index contributed by atoms with van der Waals surface area (Å²) in [5.74, 6) is -0.414. The topological polar surface area (TPSA) is 49.8 Å². The minimum absolute atomic E-state index is 0.425. The van der Waals surface area contributed by atoms with Crippen LogP contribution in [0.1, 0.15) is 30.7 Å². The molecule has 1 N–H and O–H groups in total. The highest BCUT2D eigenvalue weighted by Crippen LogP contribution is 2.23. The molecule has 0 aromatic heterocycles. The number of methoxy groups -OCH3 is 1. The van der Waals surface area contributed by atoms with Crippen LogP contribution >= 0.6 is 0 Å². The number of carbonyl (C=O) groups is 1. The van der Waals surface area contributed by atoms with Crippen molar-refractivity contribution in [3.63, 3.8) is 0 Å². The lowest BCUT2D eigenvalue weighted by molar-refractivity contribution is -0.139. The molecule has 0 aliphatic carbocycles. The molecule has 1 unspecified atom stereocenters. The average molecular weight is 263 g/mol. The Labute approximate surface area is 114 Å². The first-order valence-electron chi connectivity index (χ1n) is 6.80. The van der Waals surface area contributed by atoms with E-state index in [0.717, 1.165) is 30.9 Å². The SMILES string of the molecule is COc1ccc(C(CCN2CCCC2)C(=O)O)cc1. The summed E-state index contributed by atoms with van der Waals surface area (Å²) in [6.07, 6.45) is 3.14. The van der Waals surface area contributed by atoms with Crippen LogP contribution in [0.15, 0.2) is 24.3 Å². The summed E-state index contributed by atoms with van der Waals surface area (Å²) in [5, 5.41) is 9.38. The highest BCUT2D eigenvalue weighted by atomic mass is 16.5. The summed E-state index contributed by atoms with van der Waals surface area (Å²) in [5.41, 5.74) is 0.854. The Morgan fingerprint density at radius 3 is 2.47 bits per heavy atom. The van der Waals surface area contributed by atoms with Gasteiger partial charge in [0.25, 0.3) is 0 Å². The molecule has 104 valence electrons. The van der Waals surface area contributed by atoms with Crippen LogP contribution in [0.3, 0.4) is 0 Å². The van der Waals surface area contributed by atoms with Gasteiger partial charge in [-0.1, -0.05) is 12.1 Å². The molecule has 1 heterocycles. The zero-order chi connectivity index (χ0) is 13.7. The fourth-order valence-corrected chi connectivity index (χ4v) is 2.59. The van der Waals surface area contributed by atoms with E-state index in [9.17, 15) is 9.90 Å². The smallest absolute Gasteiger partial charge is 0.311 e. The van der Waals surface area contributed by atoms with Crippen molar-refractivity contribution < 1.29 is 14.6 Å². The molecule has 4 heteroatoms. The second-order valence-corrected chi connectivity index (χ2v) is 5.00. The van der Waals surface area contributed by atoms with Crippen LogP contribution in [0.2, 0.25) is 0 Å². The Hall–Kier alpha value is -1.55. The lowest BCUT2D eigenvalue weighted by Gasteiger charge is -2.18. The molecule has 1 aromatic rings. The summed E-state index contributed by atoms with van der Waals surface area (Å²) in [6.45, 7) is 3.08. The van der Waals surface area contributed by atoms with Crippen molar-refractivity contribution in [2.75, 3.05) is 26.7 Å². The fraction of sp³-hybridized carbons (Fsp3) is 0.533. The van der Waals surface area contributed by atoms with Gasteiger partial charge >= 0.3 is 5.97 Å². The average Bonchev–Trinajstić information content (AvgIpc) is 2.92. The lowest BCUT2D eigenvalue weighted by atomic mass is 9.95. The van der Waals surface area contributed by atoms with E-state index in [0.29, 0.717) is 6.42 Å². The Balaban J connectivity index is 1.99. The molecule has 1 aromatic carbocycles. The monoisotopic (exact) mass is 263 g/mol. The third kappa shape index (κ3) is 3.70. The van der Waals surface area contributed by atoms with Crippen LogP contribution in [0.25, 0.3) is 0 Å².